The zero-order valence-electron chi connectivity index (χ0n) is 15.1. The van der Waals surface area contributed by atoms with E-state index in [0.29, 0.717) is 36.9 Å². The first-order valence-electron chi connectivity index (χ1n) is 8.74. The van der Waals surface area contributed by atoms with Crippen molar-refractivity contribution in [2.45, 2.75) is 51.9 Å². The topological polar surface area (TPSA) is 57.7 Å². The van der Waals surface area contributed by atoms with Crippen molar-refractivity contribution in [2.75, 3.05) is 24.5 Å². The second-order valence-electron chi connectivity index (χ2n) is 6.63. The van der Waals surface area contributed by atoms with E-state index in [-0.39, 0.29) is 5.91 Å². The largest absolute Gasteiger partial charge is 0.312 e. The number of rotatable bonds is 6. The average Bonchev–Trinajstić information content (AvgIpc) is 2.53. The van der Waals surface area contributed by atoms with Crippen LogP contribution in [0.5, 0.6) is 0 Å². The molecule has 0 radical (unpaired) electrons. The molecular formula is C18H28N2O3S. The Morgan fingerprint density at radius 2 is 1.92 bits per heavy atom. The van der Waals surface area contributed by atoms with Crippen LogP contribution in [-0.2, 0) is 21.2 Å². The molecule has 0 unspecified atom stereocenters. The highest BCUT2D eigenvalue weighted by Crippen LogP contribution is 2.31. The Bertz CT molecular complexity index is 694. The maximum atomic E-state index is 12.7. The van der Waals surface area contributed by atoms with Crippen LogP contribution < -0.4 is 4.90 Å². The molecule has 1 amide bonds. The number of carbonyl (C=O) groups is 1. The van der Waals surface area contributed by atoms with Crippen LogP contribution in [0.15, 0.2) is 23.1 Å². The summed E-state index contributed by atoms with van der Waals surface area (Å²) in [7, 11) is -3.46. The lowest BCUT2D eigenvalue weighted by Crippen LogP contribution is -2.36. The first-order valence-corrected chi connectivity index (χ1v) is 10.2. The molecule has 0 saturated carbocycles. The number of sulfonamides is 1. The van der Waals surface area contributed by atoms with Crippen molar-refractivity contribution in [2.24, 2.45) is 5.92 Å². The fourth-order valence-electron chi connectivity index (χ4n) is 3.17. The molecule has 0 aromatic heterocycles. The first-order chi connectivity index (χ1) is 11.3. The number of aryl methyl sites for hydroxylation is 1. The zero-order chi connectivity index (χ0) is 17.9. The van der Waals surface area contributed by atoms with E-state index in [4.69, 9.17) is 0 Å². The summed E-state index contributed by atoms with van der Waals surface area (Å²) < 4.78 is 26.8. The highest BCUT2D eigenvalue weighted by molar-refractivity contribution is 7.89. The third-order valence-corrected chi connectivity index (χ3v) is 6.44. The van der Waals surface area contributed by atoms with E-state index in [1.165, 1.54) is 4.31 Å². The van der Waals surface area contributed by atoms with Gasteiger partial charge in [-0.15, -0.1) is 0 Å². The lowest BCUT2D eigenvalue weighted by atomic mass is 10.0. The Morgan fingerprint density at radius 3 is 2.50 bits per heavy atom. The van der Waals surface area contributed by atoms with Gasteiger partial charge in [-0.05, 0) is 42.5 Å². The van der Waals surface area contributed by atoms with Crippen LogP contribution in [0, 0.1) is 5.92 Å². The van der Waals surface area contributed by atoms with Crippen LogP contribution in [0.25, 0.3) is 0 Å². The Kier molecular flexibility index (Phi) is 6.04. The Labute approximate surface area is 145 Å². The smallest absolute Gasteiger partial charge is 0.243 e. The molecule has 5 nitrogen and oxygen atoms in total. The van der Waals surface area contributed by atoms with Crippen LogP contribution in [0.1, 0.15) is 46.1 Å². The van der Waals surface area contributed by atoms with E-state index in [1.54, 1.807) is 18.2 Å². The molecule has 0 atom stereocenters. The third-order valence-electron chi connectivity index (χ3n) is 4.40. The van der Waals surface area contributed by atoms with Gasteiger partial charge in [0.2, 0.25) is 15.9 Å². The van der Waals surface area contributed by atoms with Gasteiger partial charge in [-0.1, -0.05) is 27.7 Å². The minimum Gasteiger partial charge on any atom is -0.312 e. The molecule has 0 fully saturated rings. The average molecular weight is 353 g/mol. The van der Waals surface area contributed by atoms with Crippen molar-refractivity contribution in [1.29, 1.82) is 0 Å². The summed E-state index contributed by atoms with van der Waals surface area (Å²) in [5, 5.41) is 0. The molecule has 0 N–H and O–H groups in total. The van der Waals surface area contributed by atoms with Crippen molar-refractivity contribution in [3.63, 3.8) is 0 Å². The number of hydrogen-bond donors (Lipinski definition) is 0. The summed E-state index contributed by atoms with van der Waals surface area (Å²) in [6, 6.07) is 5.17. The summed E-state index contributed by atoms with van der Waals surface area (Å²) in [5.41, 5.74) is 1.82. The molecule has 1 heterocycles. The molecule has 0 spiro atoms. The van der Waals surface area contributed by atoms with Gasteiger partial charge in [-0.3, -0.25) is 4.79 Å². The minimum atomic E-state index is -3.46. The second kappa shape index (κ2) is 7.66. The molecule has 1 aliphatic rings. The van der Waals surface area contributed by atoms with Crippen LogP contribution >= 0.6 is 0 Å². The Hall–Kier alpha value is -1.40. The lowest BCUT2D eigenvalue weighted by Gasteiger charge is -2.31. The van der Waals surface area contributed by atoms with Gasteiger partial charge >= 0.3 is 0 Å². The van der Waals surface area contributed by atoms with Crippen molar-refractivity contribution >= 4 is 21.6 Å². The highest BCUT2D eigenvalue weighted by Gasteiger charge is 2.27. The van der Waals surface area contributed by atoms with Gasteiger partial charge in [0, 0.05) is 31.7 Å². The molecule has 2 rings (SSSR count). The van der Waals surface area contributed by atoms with E-state index in [1.807, 2.05) is 32.6 Å². The van der Waals surface area contributed by atoms with Crippen molar-refractivity contribution in [3.05, 3.63) is 23.8 Å². The quantitative estimate of drug-likeness (QED) is 0.791. The van der Waals surface area contributed by atoms with Gasteiger partial charge in [0.15, 0.2) is 0 Å². The van der Waals surface area contributed by atoms with Gasteiger partial charge < -0.3 is 4.90 Å². The molecule has 24 heavy (non-hydrogen) atoms. The number of hydrogen-bond acceptors (Lipinski definition) is 3. The third kappa shape index (κ3) is 3.81. The van der Waals surface area contributed by atoms with Gasteiger partial charge in [-0.2, -0.15) is 4.31 Å². The van der Waals surface area contributed by atoms with E-state index in [9.17, 15) is 13.2 Å². The van der Waals surface area contributed by atoms with Crippen molar-refractivity contribution < 1.29 is 13.2 Å². The molecule has 0 bridgehead atoms. The summed E-state index contributed by atoms with van der Waals surface area (Å²) in [5.74, 6) is 0.426. The number of amides is 1. The fraction of sp³-hybridized carbons (Fsp3) is 0.611. The van der Waals surface area contributed by atoms with Crippen LogP contribution in [-0.4, -0.2) is 38.3 Å². The molecule has 0 aliphatic carbocycles. The van der Waals surface area contributed by atoms with Crippen molar-refractivity contribution in [3.8, 4) is 0 Å². The van der Waals surface area contributed by atoms with Crippen LogP contribution in [0.2, 0.25) is 0 Å². The first kappa shape index (κ1) is 18.9. The predicted molar refractivity (Wildman–Crippen MR) is 96.7 cm³/mol. The standard InChI is InChI=1S/C18H28N2O3S/c1-5-19(6-2)24(22,23)16-9-10-17-15(13-16)8-7-11-20(17)18(21)12-14(3)4/h9-10,13-14H,5-8,11-12H2,1-4H3. The SMILES string of the molecule is CCN(CC)S(=O)(=O)c1ccc2c(c1)CCCN2C(=O)CC(C)C. The van der Waals surface area contributed by atoms with Gasteiger partial charge in [0.25, 0.3) is 0 Å². The molecule has 0 saturated heterocycles. The van der Waals surface area contributed by atoms with E-state index in [0.717, 1.165) is 24.1 Å². The van der Waals surface area contributed by atoms with E-state index >= 15 is 0 Å². The van der Waals surface area contributed by atoms with E-state index in [2.05, 4.69) is 0 Å². The highest BCUT2D eigenvalue weighted by atomic mass is 32.2. The maximum Gasteiger partial charge on any atom is 0.243 e. The monoisotopic (exact) mass is 352 g/mol. The molecular weight excluding hydrogens is 324 g/mol. The molecule has 6 heteroatoms. The lowest BCUT2D eigenvalue weighted by molar-refractivity contribution is -0.119. The number of fused-ring (bicyclic) bond motifs is 1. The Morgan fingerprint density at radius 1 is 1.25 bits per heavy atom. The summed E-state index contributed by atoms with van der Waals surface area (Å²) in [4.78, 5) is 14.6. The summed E-state index contributed by atoms with van der Waals surface area (Å²) in [6.07, 6.45) is 2.19. The van der Waals surface area contributed by atoms with Crippen LogP contribution in [0.3, 0.4) is 0 Å². The summed E-state index contributed by atoms with van der Waals surface area (Å²) in [6.45, 7) is 9.35. The normalized spacial score (nSPS) is 15.0. The fourth-order valence-corrected chi connectivity index (χ4v) is 4.67. The molecule has 134 valence electrons. The summed E-state index contributed by atoms with van der Waals surface area (Å²) >= 11 is 0. The Balaban J connectivity index is 2.36. The second-order valence-corrected chi connectivity index (χ2v) is 8.56. The number of nitrogens with zero attached hydrogens (tertiary/aromatic N) is 2. The molecule has 1 aromatic carbocycles. The van der Waals surface area contributed by atoms with Gasteiger partial charge in [0.1, 0.15) is 0 Å². The molecule has 1 aliphatic heterocycles. The number of anilines is 1. The van der Waals surface area contributed by atoms with Gasteiger partial charge in [-0.25, -0.2) is 8.42 Å². The minimum absolute atomic E-state index is 0.116. The molecule has 1 aromatic rings. The predicted octanol–water partition coefficient (Wildman–Crippen LogP) is 3.04. The number of carbonyl (C=O) groups excluding carboxylic acids is 1. The van der Waals surface area contributed by atoms with Crippen molar-refractivity contribution in [1.82, 2.24) is 4.31 Å². The van der Waals surface area contributed by atoms with Gasteiger partial charge in [0.05, 0.1) is 4.90 Å². The maximum absolute atomic E-state index is 12.7. The van der Waals surface area contributed by atoms with Crippen LogP contribution in [0.4, 0.5) is 5.69 Å². The number of benzene rings is 1. The zero-order valence-corrected chi connectivity index (χ0v) is 15.9. The van der Waals surface area contributed by atoms with E-state index < -0.39 is 10.0 Å².